The first-order valence-electron chi connectivity index (χ1n) is 10.1. The Balaban J connectivity index is 1.64. The number of carbonyl (C=O) groups excluding carboxylic acids is 1. The van der Waals surface area contributed by atoms with Crippen molar-refractivity contribution in [3.63, 3.8) is 0 Å². The van der Waals surface area contributed by atoms with Gasteiger partial charge in [-0.1, -0.05) is 0 Å². The van der Waals surface area contributed by atoms with E-state index in [1.807, 2.05) is 0 Å². The summed E-state index contributed by atoms with van der Waals surface area (Å²) in [6.45, 7) is -0.820. The fourth-order valence-corrected chi connectivity index (χ4v) is 5.74. The zero-order valence-electron chi connectivity index (χ0n) is 17.7. The van der Waals surface area contributed by atoms with Crippen LogP contribution >= 0.6 is 0 Å². The zero-order chi connectivity index (χ0) is 26.3. The Morgan fingerprint density at radius 3 is 2.25 bits per heavy atom. The molecule has 8 nitrogen and oxygen atoms in total. The molecule has 1 saturated heterocycles. The summed E-state index contributed by atoms with van der Waals surface area (Å²) in [6.07, 6.45) is -3.60. The third-order valence-corrected chi connectivity index (χ3v) is 7.60. The van der Waals surface area contributed by atoms with Crippen LogP contribution in [-0.2, 0) is 4.74 Å². The number of benzene rings is 2. The topological polar surface area (TPSA) is 118 Å². The van der Waals surface area contributed by atoms with E-state index in [1.165, 1.54) is 24.4 Å². The first-order valence-corrected chi connectivity index (χ1v) is 11.9. The van der Waals surface area contributed by atoms with Crippen LogP contribution in [0.2, 0.25) is 0 Å². The van der Waals surface area contributed by atoms with Crippen LogP contribution in [0.1, 0.15) is 16.4 Å². The average molecular weight is 582 g/mol. The van der Waals surface area contributed by atoms with Crippen LogP contribution in [0, 0.1) is 34.9 Å². The van der Waals surface area contributed by atoms with Gasteiger partial charge in [-0.3, -0.25) is 0 Å². The standard InChI is InChI=1S/C21H15F6N3O5Se/c22-8-3-1-2-7(4-8)9-5-30(29-28-9)17-18(32)10(6-31)35-21(19(17)33)36-20(34)11-12(23)14(25)16(27)15(26)13(11)24/h1-5,10,17-19,21,31-33H,6H2/t10-,17+,18+,19-,21+/m1/s1. The predicted molar refractivity (Wildman–Crippen MR) is 109 cm³/mol. The van der Waals surface area contributed by atoms with Gasteiger partial charge < -0.3 is 0 Å². The molecule has 0 bridgehead atoms. The third kappa shape index (κ3) is 4.65. The fourth-order valence-electron chi connectivity index (χ4n) is 3.63. The molecule has 15 heteroatoms. The number of nitrogens with zero attached hydrogens (tertiary/aromatic N) is 3. The molecule has 0 spiro atoms. The van der Waals surface area contributed by atoms with Gasteiger partial charge in [0.25, 0.3) is 0 Å². The number of aliphatic hydroxyl groups is 3. The van der Waals surface area contributed by atoms with Gasteiger partial charge in [0.05, 0.1) is 0 Å². The number of rotatable bonds is 6. The van der Waals surface area contributed by atoms with Gasteiger partial charge in [0, 0.05) is 0 Å². The molecule has 0 saturated carbocycles. The fraction of sp³-hybridized carbons (Fsp3) is 0.286. The molecule has 192 valence electrons. The summed E-state index contributed by atoms with van der Waals surface area (Å²) in [5.41, 5.74) is -1.25. The van der Waals surface area contributed by atoms with Crippen LogP contribution in [-0.4, -0.2) is 79.9 Å². The molecule has 1 aliphatic heterocycles. The maximum absolute atomic E-state index is 14.1. The molecule has 36 heavy (non-hydrogen) atoms. The van der Waals surface area contributed by atoms with Crippen molar-refractivity contribution in [3.8, 4) is 11.3 Å². The van der Waals surface area contributed by atoms with E-state index in [1.54, 1.807) is 0 Å². The van der Waals surface area contributed by atoms with Crippen molar-refractivity contribution in [3.05, 3.63) is 70.9 Å². The Morgan fingerprint density at radius 2 is 1.64 bits per heavy atom. The molecule has 0 amide bonds. The van der Waals surface area contributed by atoms with E-state index in [-0.39, 0.29) is 5.69 Å². The Hall–Kier alpha value is -2.81. The number of hydrogen-bond acceptors (Lipinski definition) is 7. The molecule has 3 aromatic rings. The molecule has 4 rings (SSSR count). The summed E-state index contributed by atoms with van der Waals surface area (Å²) >= 11 is -1.80. The van der Waals surface area contributed by atoms with E-state index < -0.39 is 96.1 Å². The average Bonchev–Trinajstić information content (AvgIpc) is 3.33. The quantitative estimate of drug-likeness (QED) is 0.174. The SMILES string of the molecule is O=C([Se][C@@H]1O[C@H](CO)[C@H](O)[C@H](n2cc(-c3cccc(F)c3)nn2)[C@H]1O)c1c(F)c(F)c(F)c(F)c1F. The molecular formula is C21H15F6N3O5Se. The van der Waals surface area contributed by atoms with E-state index in [4.69, 9.17) is 4.74 Å². The Bertz CT molecular complexity index is 1280. The van der Waals surface area contributed by atoms with Gasteiger partial charge in [-0.15, -0.1) is 0 Å². The summed E-state index contributed by atoms with van der Waals surface area (Å²) in [7, 11) is 0. The van der Waals surface area contributed by atoms with E-state index in [0.717, 1.165) is 10.7 Å². The number of aliphatic hydroxyl groups excluding tert-OH is 3. The van der Waals surface area contributed by atoms with Crippen LogP contribution in [0.3, 0.4) is 0 Å². The molecule has 1 fully saturated rings. The van der Waals surface area contributed by atoms with E-state index in [9.17, 15) is 46.5 Å². The Morgan fingerprint density at radius 1 is 1.00 bits per heavy atom. The molecule has 1 aromatic heterocycles. The van der Waals surface area contributed by atoms with Crippen molar-refractivity contribution in [1.29, 1.82) is 0 Å². The van der Waals surface area contributed by atoms with Crippen LogP contribution in [0.5, 0.6) is 0 Å². The molecule has 5 atom stereocenters. The number of ether oxygens (including phenoxy) is 1. The minimum absolute atomic E-state index is 0.139. The van der Waals surface area contributed by atoms with E-state index >= 15 is 0 Å². The van der Waals surface area contributed by atoms with Gasteiger partial charge in [0.15, 0.2) is 0 Å². The van der Waals surface area contributed by atoms with Gasteiger partial charge in [-0.25, -0.2) is 0 Å². The molecular weight excluding hydrogens is 567 g/mol. The second-order valence-electron chi connectivity index (χ2n) is 7.64. The molecule has 3 N–H and O–H groups in total. The van der Waals surface area contributed by atoms with Crippen molar-refractivity contribution in [1.82, 2.24) is 15.0 Å². The molecule has 0 aliphatic carbocycles. The van der Waals surface area contributed by atoms with E-state index in [2.05, 4.69) is 10.3 Å². The molecule has 0 radical (unpaired) electrons. The first-order chi connectivity index (χ1) is 17.0. The summed E-state index contributed by atoms with van der Waals surface area (Å²) in [5.74, 6) is -12.3. The van der Waals surface area contributed by atoms with Crippen LogP contribution in [0.4, 0.5) is 26.3 Å². The molecule has 2 aromatic carbocycles. The van der Waals surface area contributed by atoms with Crippen molar-refractivity contribution >= 4 is 19.6 Å². The maximum atomic E-state index is 14.1. The van der Waals surface area contributed by atoms with Crippen molar-refractivity contribution < 1.29 is 51.2 Å². The number of carbonyl (C=O) groups is 1. The molecule has 2 heterocycles. The molecule has 1 aliphatic rings. The Labute approximate surface area is 204 Å². The predicted octanol–water partition coefficient (Wildman–Crippen LogP) is 1.30. The summed E-state index contributed by atoms with van der Waals surface area (Å²) in [4.78, 5) is 12.6. The van der Waals surface area contributed by atoms with Gasteiger partial charge in [0.2, 0.25) is 0 Å². The first kappa shape index (κ1) is 26.3. The van der Waals surface area contributed by atoms with Crippen molar-refractivity contribution in [2.45, 2.75) is 29.4 Å². The van der Waals surface area contributed by atoms with Crippen molar-refractivity contribution in [2.75, 3.05) is 6.61 Å². The van der Waals surface area contributed by atoms with Crippen LogP contribution in [0.15, 0.2) is 30.5 Å². The summed E-state index contributed by atoms with van der Waals surface area (Å²) < 4.78 is 86.9. The van der Waals surface area contributed by atoms with Gasteiger partial charge in [0.1, 0.15) is 0 Å². The number of aromatic nitrogens is 3. The summed E-state index contributed by atoms with van der Waals surface area (Å²) in [6, 6.07) is 3.85. The van der Waals surface area contributed by atoms with Gasteiger partial charge >= 0.3 is 204 Å². The van der Waals surface area contributed by atoms with Gasteiger partial charge in [-0.05, 0) is 0 Å². The number of hydrogen-bond donors (Lipinski definition) is 3. The number of halogens is 6. The normalized spacial score (nSPS) is 24.2. The second kappa shape index (κ2) is 10.3. The second-order valence-corrected chi connectivity index (χ2v) is 9.89. The van der Waals surface area contributed by atoms with Gasteiger partial charge in [-0.2, -0.15) is 0 Å². The third-order valence-electron chi connectivity index (χ3n) is 5.42. The van der Waals surface area contributed by atoms with Crippen LogP contribution in [0.25, 0.3) is 11.3 Å². The van der Waals surface area contributed by atoms with E-state index in [0.29, 0.717) is 5.56 Å². The monoisotopic (exact) mass is 583 g/mol. The Kier molecular flexibility index (Phi) is 7.50. The minimum atomic E-state index is -2.44. The summed E-state index contributed by atoms with van der Waals surface area (Å²) in [5, 5.41) is 37.1. The van der Waals surface area contributed by atoms with Crippen LogP contribution < -0.4 is 0 Å². The van der Waals surface area contributed by atoms with Crippen molar-refractivity contribution in [2.24, 2.45) is 0 Å². The molecule has 0 unspecified atom stereocenters. The zero-order valence-corrected chi connectivity index (χ0v) is 19.4.